The smallest absolute Gasteiger partial charge is 0.321 e. The number of carbonyl (C=O) groups excluding carboxylic acids is 2. The molecule has 3 amide bonds. The van der Waals surface area contributed by atoms with Crippen LogP contribution in [0.25, 0.3) is 0 Å². The molecule has 7 heteroatoms. The number of aromatic nitrogens is 2. The molecule has 1 fully saturated rings. The average Bonchev–Trinajstić information content (AvgIpc) is 3.09. The second-order valence-electron chi connectivity index (χ2n) is 6.32. The third-order valence-corrected chi connectivity index (χ3v) is 4.22. The predicted molar refractivity (Wildman–Crippen MR) is 95.2 cm³/mol. The SMILES string of the molecule is CC(=O)N[C@@H]1CCCN(C(=O)Nc2ccc(Cn3cccn3)cc2)C1. The van der Waals surface area contributed by atoms with E-state index < -0.39 is 0 Å². The number of nitrogens with zero attached hydrogens (tertiary/aromatic N) is 3. The van der Waals surface area contributed by atoms with Gasteiger partial charge in [-0.05, 0) is 36.6 Å². The Morgan fingerprint density at radius 1 is 1.28 bits per heavy atom. The van der Waals surface area contributed by atoms with Crippen molar-refractivity contribution in [2.24, 2.45) is 0 Å². The van der Waals surface area contributed by atoms with Gasteiger partial charge in [0.05, 0.1) is 6.54 Å². The van der Waals surface area contributed by atoms with Crippen molar-refractivity contribution >= 4 is 17.6 Å². The first-order valence-electron chi connectivity index (χ1n) is 8.49. The first-order valence-corrected chi connectivity index (χ1v) is 8.49. The molecular formula is C18H23N5O2. The van der Waals surface area contributed by atoms with Crippen LogP contribution in [0.1, 0.15) is 25.3 Å². The van der Waals surface area contributed by atoms with Crippen molar-refractivity contribution in [1.29, 1.82) is 0 Å². The van der Waals surface area contributed by atoms with Crippen LogP contribution >= 0.6 is 0 Å². The van der Waals surface area contributed by atoms with E-state index in [2.05, 4.69) is 15.7 Å². The normalized spacial score (nSPS) is 17.2. The van der Waals surface area contributed by atoms with Crippen LogP contribution in [0.3, 0.4) is 0 Å². The van der Waals surface area contributed by atoms with Gasteiger partial charge in [-0.1, -0.05) is 12.1 Å². The van der Waals surface area contributed by atoms with E-state index in [1.807, 2.05) is 41.2 Å². The topological polar surface area (TPSA) is 79.3 Å². The van der Waals surface area contributed by atoms with Gasteiger partial charge in [0.15, 0.2) is 0 Å². The summed E-state index contributed by atoms with van der Waals surface area (Å²) in [5.74, 6) is -0.0555. The minimum atomic E-state index is -0.130. The number of amides is 3. The zero-order valence-electron chi connectivity index (χ0n) is 14.3. The van der Waals surface area contributed by atoms with E-state index in [1.165, 1.54) is 6.92 Å². The Kier molecular flexibility index (Phi) is 5.33. The lowest BCUT2D eigenvalue weighted by Gasteiger charge is -2.33. The average molecular weight is 341 g/mol. The van der Waals surface area contributed by atoms with E-state index in [0.717, 1.165) is 24.1 Å². The molecule has 0 unspecified atom stereocenters. The van der Waals surface area contributed by atoms with Gasteiger partial charge in [-0.25, -0.2) is 4.79 Å². The highest BCUT2D eigenvalue weighted by molar-refractivity contribution is 5.89. The summed E-state index contributed by atoms with van der Waals surface area (Å²) >= 11 is 0. The lowest BCUT2D eigenvalue weighted by atomic mass is 10.1. The molecule has 1 aromatic heterocycles. The Morgan fingerprint density at radius 2 is 2.08 bits per heavy atom. The second kappa shape index (κ2) is 7.83. The van der Waals surface area contributed by atoms with Gasteiger partial charge < -0.3 is 15.5 Å². The van der Waals surface area contributed by atoms with Crippen molar-refractivity contribution in [2.75, 3.05) is 18.4 Å². The standard InChI is InChI=1S/C18H23N5O2/c1-14(24)20-17-4-2-10-22(13-17)18(25)21-16-7-5-15(6-8-16)12-23-11-3-9-19-23/h3,5-9,11,17H,2,4,10,12-13H2,1H3,(H,20,24)(H,21,25)/t17-/m1/s1. The predicted octanol–water partition coefficient (Wildman–Crippen LogP) is 2.06. The number of likely N-dealkylation sites (tertiary alicyclic amines) is 1. The number of piperidine rings is 1. The zero-order valence-corrected chi connectivity index (χ0v) is 14.3. The van der Waals surface area contributed by atoms with E-state index in [9.17, 15) is 9.59 Å². The molecule has 2 aromatic rings. The van der Waals surface area contributed by atoms with E-state index >= 15 is 0 Å². The van der Waals surface area contributed by atoms with Gasteiger partial charge in [0.2, 0.25) is 5.91 Å². The number of benzene rings is 1. The lowest BCUT2D eigenvalue weighted by Crippen LogP contribution is -2.50. The number of nitrogens with one attached hydrogen (secondary N) is 2. The number of hydrogen-bond donors (Lipinski definition) is 2. The molecule has 1 aromatic carbocycles. The van der Waals surface area contributed by atoms with Gasteiger partial charge in [-0.2, -0.15) is 5.10 Å². The molecule has 0 radical (unpaired) electrons. The highest BCUT2D eigenvalue weighted by Gasteiger charge is 2.24. The maximum absolute atomic E-state index is 12.4. The van der Waals surface area contributed by atoms with Crippen molar-refractivity contribution in [3.05, 3.63) is 48.3 Å². The number of carbonyl (C=O) groups is 2. The van der Waals surface area contributed by atoms with E-state index in [0.29, 0.717) is 19.6 Å². The van der Waals surface area contributed by atoms with Gasteiger partial charge in [-0.3, -0.25) is 9.48 Å². The van der Waals surface area contributed by atoms with E-state index in [-0.39, 0.29) is 18.0 Å². The molecule has 132 valence electrons. The van der Waals surface area contributed by atoms with Crippen molar-refractivity contribution in [2.45, 2.75) is 32.4 Å². The van der Waals surface area contributed by atoms with Crippen LogP contribution in [0.15, 0.2) is 42.7 Å². The molecule has 3 rings (SSSR count). The summed E-state index contributed by atoms with van der Waals surface area (Å²) in [5.41, 5.74) is 1.88. The van der Waals surface area contributed by atoms with Gasteiger partial charge in [-0.15, -0.1) is 0 Å². The third kappa shape index (κ3) is 4.82. The molecule has 25 heavy (non-hydrogen) atoms. The van der Waals surface area contributed by atoms with Crippen LogP contribution in [0, 0.1) is 0 Å². The van der Waals surface area contributed by atoms with Crippen LogP contribution in [0.2, 0.25) is 0 Å². The number of hydrogen-bond acceptors (Lipinski definition) is 3. The number of rotatable bonds is 4. The van der Waals surface area contributed by atoms with Crippen molar-refractivity contribution in [3.63, 3.8) is 0 Å². The first-order chi connectivity index (χ1) is 12.1. The van der Waals surface area contributed by atoms with Crippen molar-refractivity contribution < 1.29 is 9.59 Å². The maximum atomic E-state index is 12.4. The third-order valence-electron chi connectivity index (χ3n) is 4.22. The van der Waals surface area contributed by atoms with Gasteiger partial charge in [0.25, 0.3) is 0 Å². The number of urea groups is 1. The van der Waals surface area contributed by atoms with Crippen LogP contribution < -0.4 is 10.6 Å². The monoisotopic (exact) mass is 341 g/mol. The van der Waals surface area contributed by atoms with Gasteiger partial charge in [0.1, 0.15) is 0 Å². The molecule has 0 spiro atoms. The van der Waals surface area contributed by atoms with E-state index in [4.69, 9.17) is 0 Å². The first kappa shape index (κ1) is 17.0. The minimum absolute atomic E-state index is 0.0356. The maximum Gasteiger partial charge on any atom is 0.321 e. The molecule has 0 saturated carbocycles. The molecule has 1 aliphatic heterocycles. The molecule has 1 atom stereocenters. The summed E-state index contributed by atoms with van der Waals surface area (Å²) < 4.78 is 1.85. The Bertz CT molecular complexity index is 712. The fraction of sp³-hybridized carbons (Fsp3) is 0.389. The highest BCUT2D eigenvalue weighted by Crippen LogP contribution is 2.14. The molecule has 1 saturated heterocycles. The molecule has 0 bridgehead atoms. The Morgan fingerprint density at radius 3 is 2.76 bits per heavy atom. The summed E-state index contributed by atoms with van der Waals surface area (Å²) in [5, 5.41) is 9.99. The molecule has 2 N–H and O–H groups in total. The summed E-state index contributed by atoms with van der Waals surface area (Å²) in [6.07, 6.45) is 5.46. The van der Waals surface area contributed by atoms with E-state index in [1.54, 1.807) is 11.1 Å². The quantitative estimate of drug-likeness (QED) is 0.893. The molecule has 2 heterocycles. The zero-order chi connectivity index (χ0) is 17.6. The fourth-order valence-electron chi connectivity index (χ4n) is 3.04. The highest BCUT2D eigenvalue weighted by atomic mass is 16.2. The Balaban J connectivity index is 1.54. The van der Waals surface area contributed by atoms with Crippen molar-refractivity contribution in [1.82, 2.24) is 20.0 Å². The molecular weight excluding hydrogens is 318 g/mol. The lowest BCUT2D eigenvalue weighted by molar-refractivity contribution is -0.119. The summed E-state index contributed by atoms with van der Waals surface area (Å²) in [4.78, 5) is 25.4. The Labute approximate surface area is 147 Å². The summed E-state index contributed by atoms with van der Waals surface area (Å²) in [6, 6.07) is 9.55. The number of anilines is 1. The van der Waals surface area contributed by atoms with Crippen LogP contribution in [-0.4, -0.2) is 45.8 Å². The van der Waals surface area contributed by atoms with Crippen LogP contribution in [-0.2, 0) is 11.3 Å². The van der Waals surface area contributed by atoms with Gasteiger partial charge in [0, 0.05) is 44.1 Å². The fourth-order valence-corrected chi connectivity index (χ4v) is 3.04. The van der Waals surface area contributed by atoms with Crippen molar-refractivity contribution in [3.8, 4) is 0 Å². The summed E-state index contributed by atoms with van der Waals surface area (Å²) in [6.45, 7) is 3.46. The van der Waals surface area contributed by atoms with Gasteiger partial charge >= 0.3 is 6.03 Å². The second-order valence-corrected chi connectivity index (χ2v) is 6.32. The van der Waals surface area contributed by atoms with Crippen LogP contribution in [0.5, 0.6) is 0 Å². The molecule has 0 aliphatic carbocycles. The molecule has 1 aliphatic rings. The molecule has 7 nitrogen and oxygen atoms in total. The minimum Gasteiger partial charge on any atom is -0.352 e. The van der Waals surface area contributed by atoms with Crippen LogP contribution in [0.4, 0.5) is 10.5 Å². The summed E-state index contributed by atoms with van der Waals surface area (Å²) in [7, 11) is 0. The Hall–Kier alpha value is -2.83. The largest absolute Gasteiger partial charge is 0.352 e.